The van der Waals surface area contributed by atoms with Gasteiger partial charge in [0.25, 0.3) is 0 Å². The predicted molar refractivity (Wildman–Crippen MR) is 70.8 cm³/mol. The minimum atomic E-state index is -0.228. The summed E-state index contributed by atoms with van der Waals surface area (Å²) in [4.78, 5) is 11.7. The average molecular weight is 255 g/mol. The van der Waals surface area contributed by atoms with Crippen LogP contribution in [0.4, 0.5) is 0 Å². The van der Waals surface area contributed by atoms with Crippen LogP contribution in [0.3, 0.4) is 0 Å². The fraction of sp³-hybridized carbons (Fsp3) is 0.500. The van der Waals surface area contributed by atoms with Gasteiger partial charge in [0.1, 0.15) is 0 Å². The van der Waals surface area contributed by atoms with Crippen molar-refractivity contribution in [2.75, 3.05) is 12.5 Å². The first kappa shape index (κ1) is 14.0. The first-order valence-electron chi connectivity index (χ1n) is 6.07. The third-order valence-corrected chi connectivity index (χ3v) is 2.91. The van der Waals surface area contributed by atoms with Gasteiger partial charge in [0, 0.05) is 5.88 Å². The predicted octanol–water partition coefficient (Wildman–Crippen LogP) is 3.60. The van der Waals surface area contributed by atoms with Gasteiger partial charge in [0.2, 0.25) is 0 Å². The Morgan fingerprint density at radius 1 is 1.35 bits per heavy atom. The van der Waals surface area contributed by atoms with Crippen molar-refractivity contribution < 1.29 is 9.53 Å². The number of carbonyl (C=O) groups is 1. The van der Waals surface area contributed by atoms with Crippen molar-refractivity contribution in [2.45, 2.75) is 33.1 Å². The van der Waals surface area contributed by atoms with Gasteiger partial charge in [0.15, 0.2) is 0 Å². The molecular weight excluding hydrogens is 236 g/mol. The van der Waals surface area contributed by atoms with Crippen molar-refractivity contribution in [1.82, 2.24) is 0 Å². The number of rotatable bonds is 6. The van der Waals surface area contributed by atoms with Gasteiger partial charge in [-0.25, -0.2) is 4.79 Å². The molecule has 1 aromatic rings. The Labute approximate surface area is 108 Å². The van der Waals surface area contributed by atoms with E-state index in [0.29, 0.717) is 18.1 Å². The van der Waals surface area contributed by atoms with Crippen LogP contribution in [0.5, 0.6) is 0 Å². The zero-order valence-electron chi connectivity index (χ0n) is 10.5. The number of carbonyl (C=O) groups excluding carboxylic acids is 1. The van der Waals surface area contributed by atoms with E-state index in [0.717, 1.165) is 24.8 Å². The largest absolute Gasteiger partial charge is 0.462 e. The lowest BCUT2D eigenvalue weighted by Crippen LogP contribution is -2.08. The van der Waals surface area contributed by atoms with E-state index < -0.39 is 0 Å². The number of alkyl halides is 1. The second kappa shape index (κ2) is 7.33. The van der Waals surface area contributed by atoms with Crippen LogP contribution in [-0.2, 0) is 17.6 Å². The van der Waals surface area contributed by atoms with Gasteiger partial charge >= 0.3 is 5.97 Å². The molecule has 0 amide bonds. The maximum atomic E-state index is 11.7. The molecule has 94 valence electrons. The summed E-state index contributed by atoms with van der Waals surface area (Å²) >= 11 is 5.67. The first-order chi connectivity index (χ1) is 8.22. The van der Waals surface area contributed by atoms with Gasteiger partial charge in [-0.3, -0.25) is 0 Å². The summed E-state index contributed by atoms with van der Waals surface area (Å²) in [5.74, 6) is 0.439. The normalized spacial score (nSPS) is 10.3. The maximum Gasteiger partial charge on any atom is 0.338 e. The molecule has 0 saturated carbocycles. The van der Waals surface area contributed by atoms with E-state index in [2.05, 4.69) is 6.07 Å². The highest BCUT2D eigenvalue weighted by atomic mass is 35.5. The van der Waals surface area contributed by atoms with Gasteiger partial charge in [-0.05, 0) is 43.4 Å². The molecule has 1 rings (SSSR count). The minimum Gasteiger partial charge on any atom is -0.462 e. The summed E-state index contributed by atoms with van der Waals surface area (Å²) in [5.41, 5.74) is 2.97. The maximum absolute atomic E-state index is 11.7. The molecule has 17 heavy (non-hydrogen) atoms. The lowest BCUT2D eigenvalue weighted by atomic mass is 10.00. The summed E-state index contributed by atoms with van der Waals surface area (Å²) < 4.78 is 5.03. The number of hydrogen-bond donors (Lipinski definition) is 0. The molecule has 1 aromatic carbocycles. The number of aryl methyl sites for hydroxylation is 2. The SMILES string of the molecule is CCOC(=O)c1ccc(CCCCl)cc1CC. The van der Waals surface area contributed by atoms with Gasteiger partial charge in [-0.15, -0.1) is 11.6 Å². The standard InChI is InChI=1S/C14H19ClO2/c1-3-12-10-11(6-5-9-15)7-8-13(12)14(16)17-4-2/h7-8,10H,3-6,9H2,1-2H3. The highest BCUT2D eigenvalue weighted by Crippen LogP contribution is 2.15. The van der Waals surface area contributed by atoms with E-state index in [1.165, 1.54) is 5.56 Å². The molecule has 0 aliphatic carbocycles. The Bertz CT molecular complexity index is 374. The molecule has 0 unspecified atom stereocenters. The van der Waals surface area contributed by atoms with Crippen LogP contribution >= 0.6 is 11.6 Å². The molecular formula is C14H19ClO2. The Hall–Kier alpha value is -1.02. The Kier molecular flexibility index (Phi) is 6.06. The third kappa shape index (κ3) is 4.04. The lowest BCUT2D eigenvalue weighted by Gasteiger charge is -2.09. The van der Waals surface area contributed by atoms with E-state index in [-0.39, 0.29) is 5.97 Å². The van der Waals surface area contributed by atoms with E-state index in [1.54, 1.807) is 0 Å². The molecule has 0 N–H and O–H groups in total. The number of halogens is 1. The van der Waals surface area contributed by atoms with Crippen molar-refractivity contribution in [3.63, 3.8) is 0 Å². The summed E-state index contributed by atoms with van der Waals surface area (Å²) in [6.07, 6.45) is 2.76. The zero-order valence-corrected chi connectivity index (χ0v) is 11.2. The fourth-order valence-corrected chi connectivity index (χ4v) is 1.91. The number of ether oxygens (including phenoxy) is 1. The molecule has 0 fully saturated rings. The zero-order chi connectivity index (χ0) is 12.7. The summed E-state index contributed by atoms with van der Waals surface area (Å²) in [6.45, 7) is 4.28. The monoisotopic (exact) mass is 254 g/mol. The molecule has 0 aliphatic rings. The van der Waals surface area contributed by atoms with Crippen molar-refractivity contribution in [3.8, 4) is 0 Å². The molecule has 2 nitrogen and oxygen atoms in total. The van der Waals surface area contributed by atoms with E-state index in [9.17, 15) is 4.79 Å². The number of esters is 1. The van der Waals surface area contributed by atoms with Crippen LogP contribution in [0.1, 0.15) is 41.8 Å². The molecule has 0 heterocycles. The van der Waals surface area contributed by atoms with Gasteiger partial charge in [-0.1, -0.05) is 19.1 Å². The topological polar surface area (TPSA) is 26.3 Å². The molecule has 0 atom stereocenters. The van der Waals surface area contributed by atoms with Crippen molar-refractivity contribution in [3.05, 3.63) is 34.9 Å². The highest BCUT2D eigenvalue weighted by molar-refractivity contribution is 6.17. The Morgan fingerprint density at radius 3 is 2.71 bits per heavy atom. The molecule has 0 saturated heterocycles. The molecule has 0 radical (unpaired) electrons. The summed E-state index contributed by atoms with van der Waals surface area (Å²) in [5, 5.41) is 0. The molecule has 3 heteroatoms. The van der Waals surface area contributed by atoms with Crippen LogP contribution in [-0.4, -0.2) is 18.5 Å². The average Bonchev–Trinajstić information content (AvgIpc) is 2.36. The second-order valence-corrected chi connectivity index (χ2v) is 4.24. The summed E-state index contributed by atoms with van der Waals surface area (Å²) in [7, 11) is 0. The van der Waals surface area contributed by atoms with Gasteiger partial charge in [-0.2, -0.15) is 0 Å². The highest BCUT2D eigenvalue weighted by Gasteiger charge is 2.11. The Balaban J connectivity index is 2.88. The van der Waals surface area contributed by atoms with Gasteiger partial charge < -0.3 is 4.74 Å². The van der Waals surface area contributed by atoms with E-state index in [1.807, 2.05) is 26.0 Å². The molecule has 0 aromatic heterocycles. The molecule has 0 bridgehead atoms. The number of hydrogen-bond acceptors (Lipinski definition) is 2. The number of benzene rings is 1. The van der Waals surface area contributed by atoms with Crippen LogP contribution in [0, 0.1) is 0 Å². The third-order valence-electron chi connectivity index (χ3n) is 2.64. The van der Waals surface area contributed by atoms with Crippen LogP contribution in [0.2, 0.25) is 0 Å². The van der Waals surface area contributed by atoms with Crippen LogP contribution < -0.4 is 0 Å². The van der Waals surface area contributed by atoms with Crippen molar-refractivity contribution in [2.24, 2.45) is 0 Å². The fourth-order valence-electron chi connectivity index (χ4n) is 1.77. The molecule has 0 aliphatic heterocycles. The van der Waals surface area contributed by atoms with Crippen LogP contribution in [0.25, 0.3) is 0 Å². The van der Waals surface area contributed by atoms with Crippen LogP contribution in [0.15, 0.2) is 18.2 Å². The Morgan fingerprint density at radius 2 is 2.12 bits per heavy atom. The second-order valence-electron chi connectivity index (χ2n) is 3.86. The smallest absolute Gasteiger partial charge is 0.338 e. The van der Waals surface area contributed by atoms with Crippen molar-refractivity contribution >= 4 is 17.6 Å². The molecule has 0 spiro atoms. The van der Waals surface area contributed by atoms with Crippen molar-refractivity contribution in [1.29, 1.82) is 0 Å². The van der Waals surface area contributed by atoms with E-state index >= 15 is 0 Å². The van der Waals surface area contributed by atoms with Gasteiger partial charge in [0.05, 0.1) is 12.2 Å². The quantitative estimate of drug-likeness (QED) is 0.573. The summed E-state index contributed by atoms with van der Waals surface area (Å²) in [6, 6.07) is 5.93. The minimum absolute atomic E-state index is 0.228. The first-order valence-corrected chi connectivity index (χ1v) is 6.61. The lowest BCUT2D eigenvalue weighted by molar-refractivity contribution is 0.0525. The van der Waals surface area contributed by atoms with E-state index in [4.69, 9.17) is 16.3 Å².